The van der Waals surface area contributed by atoms with E-state index in [9.17, 15) is 14.7 Å². The van der Waals surface area contributed by atoms with Gasteiger partial charge in [0.25, 0.3) is 5.91 Å². The highest BCUT2D eigenvalue weighted by molar-refractivity contribution is 5.85. The van der Waals surface area contributed by atoms with Crippen molar-refractivity contribution in [2.24, 2.45) is 11.7 Å². The quantitative estimate of drug-likeness (QED) is 0.528. The average Bonchev–Trinajstić information content (AvgIpc) is 3.37. The molecule has 2 amide bonds. The van der Waals surface area contributed by atoms with E-state index >= 15 is 0 Å². The highest BCUT2D eigenvalue weighted by Crippen LogP contribution is 2.19. The second kappa shape index (κ2) is 8.97. The van der Waals surface area contributed by atoms with Crippen molar-refractivity contribution in [2.75, 3.05) is 0 Å². The second-order valence-electron chi connectivity index (χ2n) is 7.27. The van der Waals surface area contributed by atoms with Crippen LogP contribution in [0.3, 0.4) is 0 Å². The van der Waals surface area contributed by atoms with Crippen LogP contribution in [0.1, 0.15) is 38.7 Å². The first-order valence-corrected chi connectivity index (χ1v) is 8.95. The summed E-state index contributed by atoms with van der Waals surface area (Å²) in [5.74, 6) is -0.495. The van der Waals surface area contributed by atoms with Gasteiger partial charge in [-0.25, -0.2) is 0 Å². The van der Waals surface area contributed by atoms with E-state index in [1.54, 1.807) is 0 Å². The summed E-state index contributed by atoms with van der Waals surface area (Å²) in [6.07, 6.45) is 1.48. The molecule has 1 aromatic carbocycles. The predicted octanol–water partition coefficient (Wildman–Crippen LogP) is 0.727. The fourth-order valence-corrected chi connectivity index (χ4v) is 2.71. The molecule has 0 heterocycles. The molecule has 6 heteroatoms. The van der Waals surface area contributed by atoms with E-state index < -0.39 is 24.1 Å². The first-order valence-electron chi connectivity index (χ1n) is 8.95. The Morgan fingerprint density at radius 2 is 1.84 bits per heavy atom. The lowest BCUT2D eigenvalue weighted by atomic mass is 9.98. The fourth-order valence-electron chi connectivity index (χ4n) is 2.71. The Morgan fingerprint density at radius 3 is 2.40 bits per heavy atom. The van der Waals surface area contributed by atoms with Gasteiger partial charge in [-0.3, -0.25) is 9.59 Å². The highest BCUT2D eigenvalue weighted by Gasteiger charge is 2.32. The Morgan fingerprint density at radius 1 is 1.20 bits per heavy atom. The molecule has 5 N–H and O–H groups in total. The van der Waals surface area contributed by atoms with Gasteiger partial charge in [0.05, 0.1) is 12.1 Å². The van der Waals surface area contributed by atoms with E-state index in [0.29, 0.717) is 12.8 Å². The number of aliphatic hydroxyl groups is 1. The topological polar surface area (TPSA) is 104 Å². The molecule has 1 saturated carbocycles. The molecule has 0 radical (unpaired) electrons. The molecule has 138 valence electrons. The molecule has 3 atom stereocenters. The van der Waals surface area contributed by atoms with Crippen molar-refractivity contribution >= 4 is 11.8 Å². The van der Waals surface area contributed by atoms with Gasteiger partial charge in [-0.05, 0) is 37.2 Å². The largest absolute Gasteiger partial charge is 0.381 e. The number of hydrogen-bond donors (Lipinski definition) is 4. The first kappa shape index (κ1) is 19.4. The zero-order valence-electron chi connectivity index (χ0n) is 14.9. The van der Waals surface area contributed by atoms with E-state index in [0.717, 1.165) is 18.4 Å². The standard InChI is InChI=1S/C19H29N3O3/c1-12(2)10-15(20)18(24)22-16(11-13-6-4-3-5-7-13)17(23)19(25)21-14-8-9-14/h3-7,12,14-17,23H,8-11,20H2,1-2H3,(H,21,25)(H,22,24)/t15-,16-,17?/m0/s1. The maximum atomic E-state index is 12.4. The maximum absolute atomic E-state index is 12.4. The Balaban J connectivity index is 2.04. The summed E-state index contributed by atoms with van der Waals surface area (Å²) < 4.78 is 0. The summed E-state index contributed by atoms with van der Waals surface area (Å²) in [7, 11) is 0. The molecule has 1 unspecified atom stereocenters. The number of nitrogens with two attached hydrogens (primary N) is 1. The molecule has 0 aromatic heterocycles. The van der Waals surface area contributed by atoms with Crippen molar-refractivity contribution in [3.05, 3.63) is 35.9 Å². The zero-order valence-corrected chi connectivity index (χ0v) is 14.9. The van der Waals surface area contributed by atoms with Gasteiger partial charge in [0.1, 0.15) is 0 Å². The number of benzene rings is 1. The number of rotatable bonds is 9. The lowest BCUT2D eigenvalue weighted by Gasteiger charge is -2.25. The molecule has 25 heavy (non-hydrogen) atoms. The summed E-state index contributed by atoms with van der Waals surface area (Å²) >= 11 is 0. The van der Waals surface area contributed by atoms with Gasteiger partial charge in [0, 0.05) is 6.04 Å². The van der Waals surface area contributed by atoms with Gasteiger partial charge in [0.15, 0.2) is 6.10 Å². The third-order valence-electron chi connectivity index (χ3n) is 4.26. The summed E-state index contributed by atoms with van der Waals surface area (Å²) in [6.45, 7) is 3.99. The van der Waals surface area contributed by atoms with Crippen molar-refractivity contribution < 1.29 is 14.7 Å². The van der Waals surface area contributed by atoms with Crippen LogP contribution in [-0.4, -0.2) is 41.2 Å². The molecule has 2 rings (SSSR count). The average molecular weight is 347 g/mol. The number of hydrogen-bond acceptors (Lipinski definition) is 4. The normalized spacial score (nSPS) is 17.6. The number of carbonyl (C=O) groups excluding carboxylic acids is 2. The number of amides is 2. The van der Waals surface area contributed by atoms with Gasteiger partial charge >= 0.3 is 0 Å². The van der Waals surface area contributed by atoms with Crippen LogP contribution >= 0.6 is 0 Å². The first-order chi connectivity index (χ1) is 11.9. The maximum Gasteiger partial charge on any atom is 0.251 e. The van der Waals surface area contributed by atoms with Gasteiger partial charge in [-0.2, -0.15) is 0 Å². The predicted molar refractivity (Wildman–Crippen MR) is 96.7 cm³/mol. The summed E-state index contributed by atoms with van der Waals surface area (Å²) in [5, 5.41) is 16.0. The van der Waals surface area contributed by atoms with Crippen LogP contribution in [0.15, 0.2) is 30.3 Å². The molecular formula is C19H29N3O3. The summed E-state index contributed by atoms with van der Waals surface area (Å²) in [4.78, 5) is 24.6. The molecule has 1 aliphatic rings. The van der Waals surface area contributed by atoms with Crippen LogP contribution < -0.4 is 16.4 Å². The molecular weight excluding hydrogens is 318 g/mol. The van der Waals surface area contributed by atoms with Gasteiger partial charge in [0.2, 0.25) is 5.91 Å². The third-order valence-corrected chi connectivity index (χ3v) is 4.26. The summed E-state index contributed by atoms with van der Waals surface area (Å²) in [6, 6.07) is 8.25. The zero-order chi connectivity index (χ0) is 18.4. The lowest BCUT2D eigenvalue weighted by Crippen LogP contribution is -2.55. The van der Waals surface area contributed by atoms with Crippen molar-refractivity contribution in [2.45, 2.75) is 63.8 Å². The lowest BCUT2D eigenvalue weighted by molar-refractivity contribution is -0.132. The molecule has 0 aliphatic heterocycles. The Labute approximate surface area is 149 Å². The minimum Gasteiger partial charge on any atom is -0.381 e. The van der Waals surface area contributed by atoms with E-state index in [1.165, 1.54) is 0 Å². The second-order valence-corrected chi connectivity index (χ2v) is 7.27. The van der Waals surface area contributed by atoms with Crippen molar-refractivity contribution in [1.29, 1.82) is 0 Å². The number of carbonyl (C=O) groups is 2. The number of nitrogens with one attached hydrogen (secondary N) is 2. The van der Waals surface area contributed by atoms with Crippen LogP contribution in [0, 0.1) is 5.92 Å². The van der Waals surface area contributed by atoms with E-state index in [4.69, 9.17) is 5.73 Å². The van der Waals surface area contributed by atoms with Crippen LogP contribution in [0.25, 0.3) is 0 Å². The van der Waals surface area contributed by atoms with E-state index in [1.807, 2.05) is 44.2 Å². The van der Waals surface area contributed by atoms with Crippen LogP contribution in [0.4, 0.5) is 0 Å². The van der Waals surface area contributed by atoms with Crippen LogP contribution in [0.2, 0.25) is 0 Å². The number of aliphatic hydroxyl groups excluding tert-OH is 1. The van der Waals surface area contributed by atoms with Gasteiger partial charge < -0.3 is 21.5 Å². The molecule has 1 aromatic rings. The van der Waals surface area contributed by atoms with Crippen molar-refractivity contribution in [3.8, 4) is 0 Å². The van der Waals surface area contributed by atoms with Crippen LogP contribution in [-0.2, 0) is 16.0 Å². The SMILES string of the molecule is CC(C)C[C@H](N)C(=O)N[C@@H](Cc1ccccc1)C(O)C(=O)NC1CC1. The van der Waals surface area contributed by atoms with E-state index in [-0.39, 0.29) is 17.9 Å². The van der Waals surface area contributed by atoms with Crippen molar-refractivity contribution in [3.63, 3.8) is 0 Å². The molecule has 0 saturated heterocycles. The van der Waals surface area contributed by atoms with Crippen molar-refractivity contribution in [1.82, 2.24) is 10.6 Å². The summed E-state index contributed by atoms with van der Waals surface area (Å²) in [5.41, 5.74) is 6.87. The molecule has 1 fully saturated rings. The minimum absolute atomic E-state index is 0.151. The Kier molecular flexibility index (Phi) is 6.96. The molecule has 1 aliphatic carbocycles. The fraction of sp³-hybridized carbons (Fsp3) is 0.579. The van der Waals surface area contributed by atoms with Crippen LogP contribution in [0.5, 0.6) is 0 Å². The van der Waals surface area contributed by atoms with E-state index in [2.05, 4.69) is 10.6 Å². The van der Waals surface area contributed by atoms with Gasteiger partial charge in [-0.1, -0.05) is 44.2 Å². The third kappa shape index (κ3) is 6.48. The Bertz CT molecular complexity index is 573. The Hall–Kier alpha value is -1.92. The highest BCUT2D eigenvalue weighted by atomic mass is 16.3. The molecule has 0 bridgehead atoms. The van der Waals surface area contributed by atoms with Gasteiger partial charge in [-0.15, -0.1) is 0 Å². The molecule has 6 nitrogen and oxygen atoms in total. The molecule has 0 spiro atoms. The monoisotopic (exact) mass is 347 g/mol. The smallest absolute Gasteiger partial charge is 0.251 e. The minimum atomic E-state index is -1.31.